The molecule has 6 nitrogen and oxygen atoms in total. The van der Waals surface area contributed by atoms with Gasteiger partial charge >= 0.3 is 5.97 Å². The second-order valence-electron chi connectivity index (χ2n) is 5.93. The monoisotopic (exact) mass is 368 g/mol. The maximum absolute atomic E-state index is 12.5. The van der Waals surface area contributed by atoms with Gasteiger partial charge in [0.2, 0.25) is 5.91 Å². The van der Waals surface area contributed by atoms with Crippen LogP contribution in [0.4, 0.5) is 0 Å². The molecule has 0 spiro atoms. The van der Waals surface area contributed by atoms with Crippen LogP contribution in [0.25, 0.3) is 0 Å². The normalized spacial score (nSPS) is 11.3. The molecule has 1 atom stereocenters. The summed E-state index contributed by atoms with van der Waals surface area (Å²) >= 11 is 0. The van der Waals surface area contributed by atoms with Gasteiger partial charge in [-0.3, -0.25) is 14.4 Å². The van der Waals surface area contributed by atoms with Gasteiger partial charge in [0.05, 0.1) is 19.0 Å². The van der Waals surface area contributed by atoms with Gasteiger partial charge in [-0.1, -0.05) is 55.5 Å². The molecule has 0 fully saturated rings. The molecule has 2 amide bonds. The highest BCUT2D eigenvalue weighted by molar-refractivity contribution is 5.94. The second kappa shape index (κ2) is 10.8. The summed E-state index contributed by atoms with van der Waals surface area (Å²) in [6.07, 6.45) is 0.389. The Hall–Kier alpha value is -3.15. The highest BCUT2D eigenvalue weighted by Crippen LogP contribution is 2.17. The standard InChI is InChI=1S/C21H24N2O4/c1-2-20(25)27-14-13-22-19(24)15-18(16-9-5-3-6-10-16)23-21(26)17-11-7-4-8-12-17/h3-12,18H,2,13-15H2,1H3,(H,22,24)(H,23,26)/t18-/m0/s1. The predicted molar refractivity (Wildman–Crippen MR) is 102 cm³/mol. The lowest BCUT2D eigenvalue weighted by Crippen LogP contribution is -2.35. The number of ether oxygens (including phenoxy) is 1. The minimum Gasteiger partial charge on any atom is -0.464 e. The number of hydrogen-bond donors (Lipinski definition) is 2. The van der Waals surface area contributed by atoms with Crippen LogP contribution in [0.1, 0.15) is 41.7 Å². The molecule has 2 rings (SSSR count). The quantitative estimate of drug-likeness (QED) is 0.526. The summed E-state index contributed by atoms with van der Waals surface area (Å²) < 4.78 is 4.93. The van der Waals surface area contributed by atoms with Crippen molar-refractivity contribution < 1.29 is 19.1 Å². The molecule has 0 radical (unpaired) electrons. The zero-order chi connectivity index (χ0) is 19.5. The fourth-order valence-electron chi connectivity index (χ4n) is 2.48. The number of benzene rings is 2. The first-order chi connectivity index (χ1) is 13.1. The minimum absolute atomic E-state index is 0.0876. The summed E-state index contributed by atoms with van der Waals surface area (Å²) in [6, 6.07) is 17.7. The van der Waals surface area contributed by atoms with E-state index in [0.717, 1.165) is 5.56 Å². The van der Waals surface area contributed by atoms with E-state index in [1.807, 2.05) is 36.4 Å². The van der Waals surface area contributed by atoms with Gasteiger partial charge in [-0.15, -0.1) is 0 Å². The van der Waals surface area contributed by atoms with E-state index in [9.17, 15) is 14.4 Å². The number of carbonyl (C=O) groups excluding carboxylic acids is 3. The fourth-order valence-corrected chi connectivity index (χ4v) is 2.48. The predicted octanol–water partition coefficient (Wildman–Crippen LogP) is 2.62. The Morgan fingerprint density at radius 1 is 0.963 bits per heavy atom. The Morgan fingerprint density at radius 3 is 2.22 bits per heavy atom. The number of rotatable bonds is 9. The lowest BCUT2D eigenvalue weighted by Gasteiger charge is -2.19. The van der Waals surface area contributed by atoms with Gasteiger partial charge in [-0.05, 0) is 17.7 Å². The maximum Gasteiger partial charge on any atom is 0.305 e. The zero-order valence-electron chi connectivity index (χ0n) is 15.3. The van der Waals surface area contributed by atoms with Crippen LogP contribution in [0.5, 0.6) is 0 Å². The molecule has 0 aliphatic heterocycles. The molecule has 0 aliphatic rings. The summed E-state index contributed by atoms with van der Waals surface area (Å²) in [6.45, 7) is 2.07. The molecular weight excluding hydrogens is 344 g/mol. The van der Waals surface area contributed by atoms with Crippen LogP contribution in [0, 0.1) is 0 Å². The van der Waals surface area contributed by atoms with Crippen molar-refractivity contribution in [1.29, 1.82) is 0 Å². The van der Waals surface area contributed by atoms with Gasteiger partial charge in [0.15, 0.2) is 0 Å². The zero-order valence-corrected chi connectivity index (χ0v) is 15.3. The topological polar surface area (TPSA) is 84.5 Å². The molecule has 142 valence electrons. The van der Waals surface area contributed by atoms with E-state index in [1.54, 1.807) is 31.2 Å². The molecule has 0 unspecified atom stereocenters. The molecule has 0 bridgehead atoms. The molecule has 2 N–H and O–H groups in total. The minimum atomic E-state index is -0.461. The number of hydrogen-bond acceptors (Lipinski definition) is 4. The van der Waals surface area contributed by atoms with E-state index in [4.69, 9.17) is 4.74 Å². The van der Waals surface area contributed by atoms with Crippen LogP contribution >= 0.6 is 0 Å². The molecular formula is C21H24N2O4. The molecule has 0 aliphatic carbocycles. The number of carbonyl (C=O) groups is 3. The van der Waals surface area contributed by atoms with Gasteiger partial charge in [0.25, 0.3) is 5.91 Å². The molecule has 0 saturated heterocycles. The van der Waals surface area contributed by atoms with Gasteiger partial charge in [-0.25, -0.2) is 0 Å². The van der Waals surface area contributed by atoms with Gasteiger partial charge in [0, 0.05) is 12.0 Å². The average molecular weight is 368 g/mol. The van der Waals surface area contributed by atoms with Crippen molar-refractivity contribution >= 4 is 17.8 Å². The Labute approximate surface area is 158 Å². The van der Waals surface area contributed by atoms with Crippen molar-refractivity contribution in [3.05, 3.63) is 71.8 Å². The molecule has 27 heavy (non-hydrogen) atoms. The Morgan fingerprint density at radius 2 is 1.59 bits per heavy atom. The van der Waals surface area contributed by atoms with Crippen molar-refractivity contribution in [3.63, 3.8) is 0 Å². The lowest BCUT2D eigenvalue weighted by molar-refractivity contribution is -0.143. The van der Waals surface area contributed by atoms with Gasteiger partial charge in [-0.2, -0.15) is 0 Å². The van der Waals surface area contributed by atoms with E-state index >= 15 is 0 Å². The summed E-state index contributed by atoms with van der Waals surface area (Å²) in [5.74, 6) is -0.777. The molecule has 2 aromatic carbocycles. The summed E-state index contributed by atoms with van der Waals surface area (Å²) in [5, 5.41) is 5.62. The largest absolute Gasteiger partial charge is 0.464 e. The second-order valence-corrected chi connectivity index (χ2v) is 5.93. The Kier molecular flexibility index (Phi) is 8.03. The highest BCUT2D eigenvalue weighted by Gasteiger charge is 2.19. The van der Waals surface area contributed by atoms with Gasteiger partial charge < -0.3 is 15.4 Å². The Bertz CT molecular complexity index is 747. The maximum atomic E-state index is 12.5. The van der Waals surface area contributed by atoms with Crippen LogP contribution < -0.4 is 10.6 Å². The van der Waals surface area contributed by atoms with Crippen LogP contribution in [0.2, 0.25) is 0 Å². The summed E-state index contributed by atoms with van der Waals surface area (Å²) in [4.78, 5) is 35.8. The van der Waals surface area contributed by atoms with Crippen molar-refractivity contribution in [2.24, 2.45) is 0 Å². The lowest BCUT2D eigenvalue weighted by atomic mass is 10.0. The van der Waals surface area contributed by atoms with E-state index < -0.39 is 6.04 Å². The van der Waals surface area contributed by atoms with E-state index in [2.05, 4.69) is 10.6 Å². The third kappa shape index (κ3) is 6.93. The third-order valence-corrected chi connectivity index (χ3v) is 3.91. The molecule has 2 aromatic rings. The van der Waals surface area contributed by atoms with Crippen molar-refractivity contribution in [2.45, 2.75) is 25.8 Å². The molecule has 0 heterocycles. The summed E-state index contributed by atoms with van der Waals surface area (Å²) in [5.41, 5.74) is 1.37. The van der Waals surface area contributed by atoms with E-state index in [1.165, 1.54) is 0 Å². The Balaban J connectivity index is 1.96. The van der Waals surface area contributed by atoms with E-state index in [-0.39, 0.29) is 37.4 Å². The molecule has 6 heteroatoms. The molecule has 0 aromatic heterocycles. The van der Waals surface area contributed by atoms with Crippen molar-refractivity contribution in [3.8, 4) is 0 Å². The van der Waals surface area contributed by atoms with Crippen LogP contribution in [-0.4, -0.2) is 30.9 Å². The molecule has 0 saturated carbocycles. The average Bonchev–Trinajstić information content (AvgIpc) is 2.71. The number of amides is 2. The first-order valence-electron chi connectivity index (χ1n) is 8.93. The first kappa shape index (κ1) is 20.2. The van der Waals surface area contributed by atoms with E-state index in [0.29, 0.717) is 12.0 Å². The van der Waals surface area contributed by atoms with Crippen LogP contribution in [-0.2, 0) is 14.3 Å². The first-order valence-corrected chi connectivity index (χ1v) is 8.93. The SMILES string of the molecule is CCC(=O)OCCNC(=O)C[C@H](NC(=O)c1ccccc1)c1ccccc1. The summed E-state index contributed by atoms with van der Waals surface area (Å²) in [7, 11) is 0. The van der Waals surface area contributed by atoms with Crippen LogP contribution in [0.3, 0.4) is 0 Å². The van der Waals surface area contributed by atoms with Crippen LogP contribution in [0.15, 0.2) is 60.7 Å². The smallest absolute Gasteiger partial charge is 0.305 e. The third-order valence-electron chi connectivity index (χ3n) is 3.91. The highest BCUT2D eigenvalue weighted by atomic mass is 16.5. The number of esters is 1. The van der Waals surface area contributed by atoms with Crippen molar-refractivity contribution in [2.75, 3.05) is 13.2 Å². The fraction of sp³-hybridized carbons (Fsp3) is 0.286. The van der Waals surface area contributed by atoms with Gasteiger partial charge in [0.1, 0.15) is 6.61 Å². The van der Waals surface area contributed by atoms with Crippen molar-refractivity contribution in [1.82, 2.24) is 10.6 Å². The number of nitrogens with one attached hydrogen (secondary N) is 2.